The molecule has 144 valence electrons. The zero-order valence-electron chi connectivity index (χ0n) is 13.8. The van der Waals surface area contributed by atoms with Crippen molar-refractivity contribution in [3.05, 3.63) is 40.4 Å². The van der Waals surface area contributed by atoms with Gasteiger partial charge in [-0.3, -0.25) is 4.79 Å². The molecule has 2 atom stereocenters. The molecule has 26 heavy (non-hydrogen) atoms. The highest BCUT2D eigenvalue weighted by Crippen LogP contribution is 2.60. The second-order valence-electron chi connectivity index (χ2n) is 6.46. The van der Waals surface area contributed by atoms with Gasteiger partial charge in [0, 0.05) is 5.56 Å². The molecule has 1 saturated carbocycles. The third-order valence-electron chi connectivity index (χ3n) is 4.31. The van der Waals surface area contributed by atoms with Gasteiger partial charge in [0.25, 0.3) is 0 Å². The largest absolute Gasteiger partial charge is 0.461 e. The van der Waals surface area contributed by atoms with Crippen LogP contribution in [-0.2, 0) is 16.1 Å². The summed E-state index contributed by atoms with van der Waals surface area (Å²) < 4.78 is 60.1. The number of halogens is 6. The van der Waals surface area contributed by atoms with Gasteiger partial charge in [0.05, 0.1) is 5.92 Å². The smallest absolute Gasteiger partial charge is 0.460 e. The number of para-hydroxylation sites is 1. The second-order valence-corrected chi connectivity index (χ2v) is 7.47. The van der Waals surface area contributed by atoms with Crippen molar-refractivity contribution >= 4 is 29.2 Å². The fourth-order valence-corrected chi connectivity index (χ4v) is 3.00. The quantitative estimate of drug-likeness (QED) is 0.432. The first-order valence-electron chi connectivity index (χ1n) is 7.59. The molecular formula is C17H16Cl2F4O3. The molecule has 0 heterocycles. The lowest BCUT2D eigenvalue weighted by molar-refractivity contribution is -0.253. The van der Waals surface area contributed by atoms with Crippen molar-refractivity contribution in [2.24, 2.45) is 17.3 Å². The van der Waals surface area contributed by atoms with Crippen LogP contribution in [0.5, 0.6) is 5.75 Å². The molecule has 2 unspecified atom stereocenters. The van der Waals surface area contributed by atoms with Crippen molar-refractivity contribution in [2.45, 2.75) is 33.0 Å². The maximum Gasteiger partial charge on any atom is 0.461 e. The van der Waals surface area contributed by atoms with E-state index in [1.807, 2.05) is 13.8 Å². The van der Waals surface area contributed by atoms with Crippen LogP contribution in [0.15, 0.2) is 34.8 Å². The lowest BCUT2D eigenvalue weighted by Crippen LogP contribution is -2.33. The average molecular weight is 415 g/mol. The number of rotatable bonds is 7. The van der Waals surface area contributed by atoms with E-state index < -0.39 is 42.2 Å². The SMILES string of the molecule is CC1(C)C(C=C(Cl)Cl)C1C(=O)OCc1ccccc1OC(F)(F)C(F)F. The van der Waals surface area contributed by atoms with Crippen LogP contribution in [0.25, 0.3) is 0 Å². The minimum Gasteiger partial charge on any atom is -0.460 e. The highest BCUT2D eigenvalue weighted by atomic mass is 35.5. The third-order valence-corrected chi connectivity index (χ3v) is 4.56. The van der Waals surface area contributed by atoms with E-state index >= 15 is 0 Å². The lowest BCUT2D eigenvalue weighted by atomic mass is 10.1. The Morgan fingerprint density at radius 3 is 2.50 bits per heavy atom. The summed E-state index contributed by atoms with van der Waals surface area (Å²) in [6.45, 7) is 3.26. The Bertz CT molecular complexity index is 703. The summed E-state index contributed by atoms with van der Waals surface area (Å²) in [6.07, 6.45) is -7.10. The summed E-state index contributed by atoms with van der Waals surface area (Å²) in [6, 6.07) is 5.26. The Labute approximate surface area is 157 Å². The van der Waals surface area contributed by atoms with E-state index in [1.165, 1.54) is 24.3 Å². The molecule has 3 nitrogen and oxygen atoms in total. The summed E-state index contributed by atoms with van der Waals surface area (Å²) in [7, 11) is 0. The molecule has 1 aliphatic carbocycles. The third kappa shape index (κ3) is 4.62. The zero-order chi connectivity index (χ0) is 19.7. The number of ether oxygens (including phenoxy) is 2. The number of esters is 1. The second kappa shape index (κ2) is 7.64. The number of hydrogen-bond acceptors (Lipinski definition) is 3. The minimum absolute atomic E-state index is 0.0337. The molecule has 0 amide bonds. The number of carbonyl (C=O) groups excluding carboxylic acids is 1. The molecule has 0 N–H and O–H groups in total. The van der Waals surface area contributed by atoms with Crippen LogP contribution in [-0.4, -0.2) is 18.5 Å². The lowest BCUT2D eigenvalue weighted by Gasteiger charge is -2.19. The van der Waals surface area contributed by atoms with Gasteiger partial charge in [0.2, 0.25) is 0 Å². The Morgan fingerprint density at radius 2 is 1.92 bits per heavy atom. The summed E-state index contributed by atoms with van der Waals surface area (Å²) in [5.74, 6) is -1.76. The van der Waals surface area contributed by atoms with Gasteiger partial charge in [-0.15, -0.1) is 0 Å². The predicted octanol–water partition coefficient (Wildman–Crippen LogP) is 5.56. The molecule has 0 aliphatic heterocycles. The van der Waals surface area contributed by atoms with Crippen molar-refractivity contribution in [1.29, 1.82) is 0 Å². The van der Waals surface area contributed by atoms with Crippen molar-refractivity contribution < 1.29 is 31.8 Å². The van der Waals surface area contributed by atoms with Crippen LogP contribution < -0.4 is 4.74 Å². The molecule has 1 aromatic rings. The van der Waals surface area contributed by atoms with E-state index in [0.29, 0.717) is 0 Å². The van der Waals surface area contributed by atoms with Crippen LogP contribution in [0.2, 0.25) is 0 Å². The Kier molecular flexibility index (Phi) is 6.13. The van der Waals surface area contributed by atoms with Crippen LogP contribution in [0.3, 0.4) is 0 Å². The van der Waals surface area contributed by atoms with E-state index in [4.69, 9.17) is 27.9 Å². The average Bonchev–Trinajstić information content (AvgIpc) is 3.05. The molecule has 2 rings (SSSR count). The molecule has 0 saturated heterocycles. The first kappa shape index (κ1) is 20.8. The van der Waals surface area contributed by atoms with Crippen LogP contribution >= 0.6 is 23.2 Å². The Balaban J connectivity index is 2.05. The normalized spacial score (nSPS) is 21.3. The van der Waals surface area contributed by atoms with Crippen molar-refractivity contribution in [3.8, 4) is 5.75 Å². The molecule has 9 heteroatoms. The summed E-state index contributed by atoms with van der Waals surface area (Å²) in [4.78, 5) is 12.2. The van der Waals surface area contributed by atoms with Gasteiger partial charge in [0.1, 0.15) is 16.8 Å². The fourth-order valence-electron chi connectivity index (χ4n) is 2.73. The highest BCUT2D eigenvalue weighted by molar-refractivity contribution is 6.55. The molecule has 1 fully saturated rings. The predicted molar refractivity (Wildman–Crippen MR) is 88.4 cm³/mol. The molecule has 1 aliphatic rings. The highest BCUT2D eigenvalue weighted by Gasteiger charge is 2.61. The van der Waals surface area contributed by atoms with E-state index in [0.717, 1.165) is 6.07 Å². The number of allylic oxidation sites excluding steroid dienone is 1. The zero-order valence-corrected chi connectivity index (χ0v) is 15.3. The summed E-state index contributed by atoms with van der Waals surface area (Å²) in [5, 5.41) is 0. The van der Waals surface area contributed by atoms with Gasteiger partial charge in [-0.25, -0.2) is 0 Å². The molecular weight excluding hydrogens is 399 g/mol. The number of benzene rings is 1. The van der Waals surface area contributed by atoms with Gasteiger partial charge in [-0.1, -0.05) is 55.2 Å². The number of alkyl halides is 4. The first-order chi connectivity index (χ1) is 12.0. The van der Waals surface area contributed by atoms with Crippen molar-refractivity contribution in [2.75, 3.05) is 0 Å². The van der Waals surface area contributed by atoms with E-state index in [-0.39, 0.29) is 16.0 Å². The maximum absolute atomic E-state index is 13.1. The molecule has 0 radical (unpaired) electrons. The standard InChI is InChI=1S/C17H16Cl2F4O3/c1-16(2)10(7-12(18)19)13(16)14(24)25-8-9-5-3-4-6-11(9)26-17(22,23)15(20)21/h3-7,10,13,15H,8H2,1-2H3. The van der Waals surface area contributed by atoms with Crippen LogP contribution in [0, 0.1) is 17.3 Å². The van der Waals surface area contributed by atoms with E-state index in [2.05, 4.69) is 4.74 Å². The van der Waals surface area contributed by atoms with Crippen LogP contribution in [0.4, 0.5) is 17.6 Å². The first-order valence-corrected chi connectivity index (χ1v) is 8.34. The van der Waals surface area contributed by atoms with Gasteiger partial charge >= 0.3 is 18.5 Å². The topological polar surface area (TPSA) is 35.5 Å². The van der Waals surface area contributed by atoms with Crippen molar-refractivity contribution in [3.63, 3.8) is 0 Å². The number of hydrogen-bond donors (Lipinski definition) is 0. The van der Waals surface area contributed by atoms with E-state index in [1.54, 1.807) is 0 Å². The Hall–Kier alpha value is -1.47. The summed E-state index contributed by atoms with van der Waals surface area (Å²) in [5.41, 5.74) is -0.368. The van der Waals surface area contributed by atoms with Crippen molar-refractivity contribution in [1.82, 2.24) is 0 Å². The molecule has 0 bridgehead atoms. The summed E-state index contributed by atoms with van der Waals surface area (Å²) >= 11 is 11.2. The Morgan fingerprint density at radius 1 is 1.31 bits per heavy atom. The molecule has 0 aromatic heterocycles. The maximum atomic E-state index is 13.1. The fraction of sp³-hybridized carbons (Fsp3) is 0.471. The van der Waals surface area contributed by atoms with Crippen LogP contribution in [0.1, 0.15) is 19.4 Å². The number of carbonyl (C=O) groups is 1. The minimum atomic E-state index is -4.65. The van der Waals surface area contributed by atoms with Gasteiger partial charge in [0.15, 0.2) is 0 Å². The van der Waals surface area contributed by atoms with Gasteiger partial charge in [-0.05, 0) is 23.5 Å². The monoisotopic (exact) mass is 414 g/mol. The van der Waals surface area contributed by atoms with Gasteiger partial charge in [-0.2, -0.15) is 17.6 Å². The van der Waals surface area contributed by atoms with E-state index in [9.17, 15) is 22.4 Å². The molecule has 1 aromatic carbocycles. The van der Waals surface area contributed by atoms with Gasteiger partial charge < -0.3 is 9.47 Å². The molecule has 0 spiro atoms.